The van der Waals surface area contributed by atoms with Gasteiger partial charge in [-0.25, -0.2) is 4.79 Å². The second kappa shape index (κ2) is 7.80. The number of carbonyl (C=O) groups excluding carboxylic acids is 2. The van der Waals surface area contributed by atoms with E-state index in [1.165, 1.54) is 4.88 Å². The van der Waals surface area contributed by atoms with E-state index in [-0.39, 0.29) is 28.1 Å². The second-order valence-electron chi connectivity index (χ2n) is 8.25. The molecule has 2 saturated heterocycles. The maximum absolute atomic E-state index is 12.6. The summed E-state index contributed by atoms with van der Waals surface area (Å²) in [6, 6.07) is 4.20. The number of hydrogen-bond acceptors (Lipinski definition) is 4. The highest BCUT2D eigenvalue weighted by Crippen LogP contribution is 2.45. The van der Waals surface area contributed by atoms with E-state index in [9.17, 15) is 9.59 Å². The highest BCUT2D eigenvalue weighted by Gasteiger charge is 2.40. The molecule has 2 fully saturated rings. The van der Waals surface area contributed by atoms with Crippen LogP contribution in [0.1, 0.15) is 50.8 Å². The van der Waals surface area contributed by atoms with Gasteiger partial charge < -0.3 is 15.1 Å². The maximum Gasteiger partial charge on any atom is 0.317 e. The van der Waals surface area contributed by atoms with Crippen molar-refractivity contribution in [2.45, 2.75) is 56.7 Å². The number of carbonyl (C=O) groups is 2. The normalized spacial score (nSPS) is 25.0. The van der Waals surface area contributed by atoms with Crippen LogP contribution in [0.25, 0.3) is 0 Å². The van der Waals surface area contributed by atoms with E-state index in [1.807, 2.05) is 32.6 Å². The van der Waals surface area contributed by atoms with E-state index < -0.39 is 0 Å². The van der Waals surface area contributed by atoms with Crippen molar-refractivity contribution in [2.24, 2.45) is 5.92 Å². The summed E-state index contributed by atoms with van der Waals surface area (Å²) >= 11 is 3.48. The topological polar surface area (TPSA) is 52.6 Å². The summed E-state index contributed by atoms with van der Waals surface area (Å²) in [5.41, 5.74) is -0.211. The third-order valence-electron chi connectivity index (χ3n) is 4.87. The van der Waals surface area contributed by atoms with E-state index in [4.69, 9.17) is 0 Å². The Morgan fingerprint density at radius 1 is 1.31 bits per heavy atom. The Balaban J connectivity index is 1.56. The minimum Gasteiger partial charge on any atom is -0.333 e. The van der Waals surface area contributed by atoms with Gasteiger partial charge in [0.25, 0.3) is 0 Å². The number of amides is 3. The zero-order valence-electron chi connectivity index (χ0n) is 16.0. The molecule has 7 heteroatoms. The van der Waals surface area contributed by atoms with E-state index >= 15 is 0 Å². The molecule has 1 aromatic rings. The minimum absolute atomic E-state index is 0.0221. The molecule has 0 unspecified atom stereocenters. The Morgan fingerprint density at radius 2 is 2.00 bits per heavy atom. The molecule has 2 aliphatic rings. The molecule has 3 heterocycles. The summed E-state index contributed by atoms with van der Waals surface area (Å²) in [4.78, 5) is 30.2. The number of likely N-dealkylation sites (tertiary alicyclic amines) is 1. The van der Waals surface area contributed by atoms with Gasteiger partial charge in [-0.15, -0.1) is 23.1 Å². The fourth-order valence-corrected chi connectivity index (χ4v) is 5.75. The first kappa shape index (κ1) is 19.5. The van der Waals surface area contributed by atoms with Crippen molar-refractivity contribution in [2.75, 3.05) is 19.6 Å². The molecule has 0 saturated carbocycles. The van der Waals surface area contributed by atoms with Crippen LogP contribution in [0.2, 0.25) is 0 Å². The molecule has 0 aromatic carbocycles. The highest BCUT2D eigenvalue weighted by molar-refractivity contribution is 8.01. The maximum atomic E-state index is 12.6. The van der Waals surface area contributed by atoms with E-state index in [0.29, 0.717) is 5.92 Å². The number of rotatable bonds is 3. The molecule has 3 rings (SSSR count). The van der Waals surface area contributed by atoms with Crippen LogP contribution >= 0.6 is 23.1 Å². The number of thiophene rings is 1. The molecule has 0 bridgehead atoms. The third-order valence-corrected chi connectivity index (χ3v) is 7.32. The van der Waals surface area contributed by atoms with Crippen LogP contribution in [0.3, 0.4) is 0 Å². The molecule has 0 spiro atoms. The molecule has 0 radical (unpaired) electrons. The van der Waals surface area contributed by atoms with Crippen molar-refractivity contribution in [3.63, 3.8) is 0 Å². The smallest absolute Gasteiger partial charge is 0.317 e. The van der Waals surface area contributed by atoms with Crippen LogP contribution in [0.4, 0.5) is 4.79 Å². The van der Waals surface area contributed by atoms with Gasteiger partial charge in [0.15, 0.2) is 0 Å². The van der Waals surface area contributed by atoms with Crippen LogP contribution in [-0.2, 0) is 4.79 Å². The first-order valence-corrected chi connectivity index (χ1v) is 11.1. The lowest BCUT2D eigenvalue weighted by atomic mass is 9.96. The number of nitrogens with zero attached hydrogens (tertiary/aromatic N) is 2. The number of hydrogen-bond donors (Lipinski definition) is 1. The molecular formula is C19H29N3O2S2. The first-order chi connectivity index (χ1) is 12.2. The lowest BCUT2D eigenvalue weighted by Gasteiger charge is -2.36. The monoisotopic (exact) mass is 395 g/mol. The lowest BCUT2D eigenvalue weighted by Crippen LogP contribution is -2.51. The van der Waals surface area contributed by atoms with Gasteiger partial charge in [-0.05, 0) is 57.9 Å². The van der Waals surface area contributed by atoms with E-state index in [2.05, 4.69) is 27.7 Å². The fourth-order valence-electron chi connectivity index (χ4n) is 3.51. The average Bonchev–Trinajstić information content (AvgIpc) is 3.18. The van der Waals surface area contributed by atoms with Crippen LogP contribution < -0.4 is 5.32 Å². The van der Waals surface area contributed by atoms with Crippen LogP contribution in [0.5, 0.6) is 0 Å². The SMILES string of the molecule is C[C@H]1S[C@H](c2cccs2)N(CC2CCN(C(=O)NC(C)(C)C)CC2)C1=O. The van der Waals surface area contributed by atoms with Crippen LogP contribution in [-0.4, -0.2) is 52.2 Å². The predicted octanol–water partition coefficient (Wildman–Crippen LogP) is 3.93. The molecule has 2 aliphatic heterocycles. The zero-order valence-corrected chi connectivity index (χ0v) is 17.7. The van der Waals surface area contributed by atoms with Crippen molar-refractivity contribution >= 4 is 35.0 Å². The van der Waals surface area contributed by atoms with Gasteiger partial charge in [0.1, 0.15) is 5.37 Å². The molecule has 26 heavy (non-hydrogen) atoms. The molecular weight excluding hydrogens is 366 g/mol. The summed E-state index contributed by atoms with van der Waals surface area (Å²) in [5.74, 6) is 0.715. The second-order valence-corrected chi connectivity index (χ2v) is 10.7. The van der Waals surface area contributed by atoms with E-state index in [1.54, 1.807) is 23.1 Å². The highest BCUT2D eigenvalue weighted by atomic mass is 32.2. The molecule has 2 atom stereocenters. The molecule has 144 valence electrons. The van der Waals surface area contributed by atoms with Gasteiger partial charge in [-0.3, -0.25) is 4.79 Å². The molecule has 5 nitrogen and oxygen atoms in total. The average molecular weight is 396 g/mol. The van der Waals surface area contributed by atoms with Crippen molar-refractivity contribution in [1.82, 2.24) is 15.1 Å². The fraction of sp³-hybridized carbons (Fsp3) is 0.684. The van der Waals surface area contributed by atoms with Gasteiger partial charge >= 0.3 is 6.03 Å². The molecule has 1 aromatic heterocycles. The number of nitrogens with one attached hydrogen (secondary N) is 1. The number of piperidine rings is 1. The van der Waals surface area contributed by atoms with Gasteiger partial charge in [-0.1, -0.05) is 6.07 Å². The van der Waals surface area contributed by atoms with Gasteiger partial charge in [-0.2, -0.15) is 0 Å². The quantitative estimate of drug-likeness (QED) is 0.844. The zero-order chi connectivity index (χ0) is 18.9. The lowest BCUT2D eigenvalue weighted by molar-refractivity contribution is -0.130. The van der Waals surface area contributed by atoms with Gasteiger partial charge in [0.05, 0.1) is 5.25 Å². The Kier molecular flexibility index (Phi) is 5.87. The minimum atomic E-state index is -0.211. The standard InChI is InChI=1S/C19H29N3O2S2/c1-13-16(23)22(17(26-13)15-6-5-11-25-15)12-14-7-9-21(10-8-14)18(24)20-19(2,3)4/h5-6,11,13-14,17H,7-10,12H2,1-4H3,(H,20,24)/t13-,17-/m1/s1. The summed E-state index contributed by atoms with van der Waals surface area (Å²) in [5, 5.41) is 5.29. The van der Waals surface area contributed by atoms with Crippen molar-refractivity contribution in [3.8, 4) is 0 Å². The first-order valence-electron chi connectivity index (χ1n) is 9.31. The molecule has 0 aliphatic carbocycles. The Labute approximate surface area is 164 Å². The summed E-state index contributed by atoms with van der Waals surface area (Å²) < 4.78 is 0. The summed E-state index contributed by atoms with van der Waals surface area (Å²) in [7, 11) is 0. The van der Waals surface area contributed by atoms with E-state index in [0.717, 1.165) is 32.5 Å². The number of thioether (sulfide) groups is 1. The molecule has 1 N–H and O–H groups in total. The van der Waals surface area contributed by atoms with Crippen molar-refractivity contribution < 1.29 is 9.59 Å². The Hall–Kier alpha value is -1.21. The van der Waals surface area contributed by atoms with Gasteiger partial charge in [0, 0.05) is 30.1 Å². The van der Waals surface area contributed by atoms with Gasteiger partial charge in [0.2, 0.25) is 5.91 Å². The summed E-state index contributed by atoms with van der Waals surface area (Å²) in [6.07, 6.45) is 1.91. The Morgan fingerprint density at radius 3 is 2.58 bits per heavy atom. The predicted molar refractivity (Wildman–Crippen MR) is 108 cm³/mol. The number of urea groups is 1. The van der Waals surface area contributed by atoms with Crippen molar-refractivity contribution in [1.29, 1.82) is 0 Å². The van der Waals surface area contributed by atoms with Crippen LogP contribution in [0.15, 0.2) is 17.5 Å². The largest absolute Gasteiger partial charge is 0.333 e. The Bertz CT molecular complexity index is 634. The third kappa shape index (κ3) is 4.55. The van der Waals surface area contributed by atoms with Crippen LogP contribution in [0, 0.1) is 5.92 Å². The summed E-state index contributed by atoms with van der Waals surface area (Å²) in [6.45, 7) is 10.3. The molecule has 3 amide bonds. The van der Waals surface area contributed by atoms with Crippen molar-refractivity contribution in [3.05, 3.63) is 22.4 Å².